The lowest BCUT2D eigenvalue weighted by molar-refractivity contribution is -0.129. The number of halogens is 2. The molecule has 1 aliphatic rings. The number of nitrogens with one attached hydrogen (secondary N) is 1. The zero-order chi connectivity index (χ0) is 14.0. The number of ketones is 1. The molecule has 4 heteroatoms. The molecule has 1 saturated heterocycles. The van der Waals surface area contributed by atoms with Crippen LogP contribution in [-0.4, -0.2) is 18.9 Å². The summed E-state index contributed by atoms with van der Waals surface area (Å²) in [6.45, 7) is 5.79. The molecule has 104 valence electrons. The summed E-state index contributed by atoms with van der Waals surface area (Å²) < 4.78 is 13.9. The average Bonchev–Trinajstić information content (AvgIpc) is 2.85. The molecule has 0 saturated carbocycles. The van der Waals surface area contributed by atoms with Gasteiger partial charge >= 0.3 is 0 Å². The number of rotatable bonds is 4. The second kappa shape index (κ2) is 5.71. The number of carbonyl (C=O) groups excluding carboxylic acids is 1. The Morgan fingerprint density at radius 3 is 2.84 bits per heavy atom. The summed E-state index contributed by atoms with van der Waals surface area (Å²) >= 11 is 3.23. The predicted molar refractivity (Wildman–Crippen MR) is 77.6 cm³/mol. The number of Topliss-reactive ketones (excluding diaryl/α,β-unsaturated/α-hetero) is 1. The highest BCUT2D eigenvalue weighted by molar-refractivity contribution is 9.10. The van der Waals surface area contributed by atoms with Gasteiger partial charge in [-0.1, -0.05) is 26.0 Å². The third-order valence-electron chi connectivity index (χ3n) is 4.23. The van der Waals surface area contributed by atoms with Crippen molar-refractivity contribution in [2.75, 3.05) is 13.1 Å². The van der Waals surface area contributed by atoms with Crippen LogP contribution in [0.3, 0.4) is 0 Å². The van der Waals surface area contributed by atoms with E-state index in [0.29, 0.717) is 10.4 Å². The summed E-state index contributed by atoms with van der Waals surface area (Å²) in [7, 11) is 0. The Morgan fingerprint density at radius 2 is 2.26 bits per heavy atom. The Bertz CT molecular complexity index is 481. The van der Waals surface area contributed by atoms with Crippen molar-refractivity contribution in [3.05, 3.63) is 34.1 Å². The van der Waals surface area contributed by atoms with Gasteiger partial charge in [0, 0.05) is 18.4 Å². The summed E-state index contributed by atoms with van der Waals surface area (Å²) in [5, 5.41) is 3.28. The molecule has 0 radical (unpaired) electrons. The van der Waals surface area contributed by atoms with Gasteiger partial charge in [-0.3, -0.25) is 4.79 Å². The topological polar surface area (TPSA) is 29.1 Å². The van der Waals surface area contributed by atoms with E-state index in [4.69, 9.17) is 0 Å². The molecule has 1 heterocycles. The number of hydrogen-bond donors (Lipinski definition) is 1. The number of carbonyl (C=O) groups is 1. The first-order valence-electron chi connectivity index (χ1n) is 6.64. The molecule has 1 aromatic rings. The van der Waals surface area contributed by atoms with E-state index in [1.165, 1.54) is 6.07 Å². The van der Waals surface area contributed by atoms with Gasteiger partial charge in [-0.15, -0.1) is 0 Å². The second-order valence-corrected chi connectivity index (χ2v) is 6.34. The standard InChI is InChI=1S/C15H19BrFNO/c1-10(2)15(6-7-18-9-15)13(19)8-11-4-3-5-12(17)14(11)16/h3-5,10,18H,6-9H2,1-2H3. The quantitative estimate of drug-likeness (QED) is 0.918. The van der Waals surface area contributed by atoms with Crippen molar-refractivity contribution < 1.29 is 9.18 Å². The highest BCUT2D eigenvalue weighted by Crippen LogP contribution is 2.36. The second-order valence-electron chi connectivity index (χ2n) is 5.55. The van der Waals surface area contributed by atoms with Crippen LogP contribution in [0.2, 0.25) is 0 Å². The van der Waals surface area contributed by atoms with Gasteiger partial charge in [0.15, 0.2) is 0 Å². The molecule has 1 atom stereocenters. The normalized spacial score (nSPS) is 23.0. The van der Waals surface area contributed by atoms with Crippen LogP contribution in [0.25, 0.3) is 0 Å². The fourth-order valence-corrected chi connectivity index (χ4v) is 3.20. The largest absolute Gasteiger partial charge is 0.316 e. The highest BCUT2D eigenvalue weighted by Gasteiger charge is 2.43. The summed E-state index contributed by atoms with van der Waals surface area (Å²) in [5.74, 6) is 0.189. The summed E-state index contributed by atoms with van der Waals surface area (Å²) in [5.41, 5.74) is 0.433. The van der Waals surface area contributed by atoms with Gasteiger partial charge in [-0.25, -0.2) is 4.39 Å². The van der Waals surface area contributed by atoms with Gasteiger partial charge in [-0.05, 0) is 46.4 Å². The smallest absolute Gasteiger partial charge is 0.145 e. The fourth-order valence-electron chi connectivity index (χ4n) is 2.80. The lowest BCUT2D eigenvalue weighted by atomic mass is 9.71. The zero-order valence-corrected chi connectivity index (χ0v) is 12.9. The van der Waals surface area contributed by atoms with Crippen molar-refractivity contribution in [1.29, 1.82) is 0 Å². The SMILES string of the molecule is CC(C)C1(C(=O)Cc2cccc(F)c2Br)CCNC1. The van der Waals surface area contributed by atoms with Crippen molar-refractivity contribution in [2.45, 2.75) is 26.7 Å². The molecule has 0 aliphatic carbocycles. The molecule has 0 bridgehead atoms. The summed E-state index contributed by atoms with van der Waals surface area (Å²) in [6, 6.07) is 4.85. The first kappa shape index (κ1) is 14.7. The molecule has 1 aromatic carbocycles. The highest BCUT2D eigenvalue weighted by atomic mass is 79.9. The lowest BCUT2D eigenvalue weighted by Crippen LogP contribution is -2.39. The lowest BCUT2D eigenvalue weighted by Gasteiger charge is -2.31. The molecular weight excluding hydrogens is 309 g/mol. The zero-order valence-electron chi connectivity index (χ0n) is 11.3. The van der Waals surface area contributed by atoms with Crippen LogP contribution in [0.1, 0.15) is 25.8 Å². The molecule has 19 heavy (non-hydrogen) atoms. The van der Waals surface area contributed by atoms with Crippen LogP contribution in [0.4, 0.5) is 4.39 Å². The van der Waals surface area contributed by atoms with Crippen molar-refractivity contribution in [1.82, 2.24) is 5.32 Å². The minimum atomic E-state index is -0.312. The molecule has 2 rings (SSSR count). The van der Waals surface area contributed by atoms with E-state index in [2.05, 4.69) is 35.1 Å². The predicted octanol–water partition coefficient (Wildman–Crippen LogP) is 3.34. The van der Waals surface area contributed by atoms with E-state index in [0.717, 1.165) is 25.1 Å². The van der Waals surface area contributed by atoms with E-state index in [-0.39, 0.29) is 23.4 Å². The van der Waals surface area contributed by atoms with Crippen molar-refractivity contribution in [2.24, 2.45) is 11.3 Å². The van der Waals surface area contributed by atoms with E-state index in [1.54, 1.807) is 6.07 Å². The molecule has 0 amide bonds. The van der Waals surface area contributed by atoms with Gasteiger partial charge in [0.05, 0.1) is 4.47 Å². The van der Waals surface area contributed by atoms with Gasteiger partial charge in [0.1, 0.15) is 11.6 Å². The van der Waals surface area contributed by atoms with Crippen molar-refractivity contribution in [3.63, 3.8) is 0 Å². The van der Waals surface area contributed by atoms with Crippen molar-refractivity contribution >= 4 is 21.7 Å². The van der Waals surface area contributed by atoms with E-state index in [1.807, 2.05) is 6.07 Å². The minimum Gasteiger partial charge on any atom is -0.316 e. The Kier molecular flexibility index (Phi) is 4.41. The van der Waals surface area contributed by atoms with Gasteiger partial charge < -0.3 is 5.32 Å². The molecule has 1 fully saturated rings. The summed E-state index contributed by atoms with van der Waals surface area (Å²) in [4.78, 5) is 12.7. The molecular formula is C15H19BrFNO. The average molecular weight is 328 g/mol. The van der Waals surface area contributed by atoms with E-state index in [9.17, 15) is 9.18 Å². The first-order chi connectivity index (χ1) is 8.97. The van der Waals surface area contributed by atoms with Crippen LogP contribution in [0.5, 0.6) is 0 Å². The van der Waals surface area contributed by atoms with Crippen LogP contribution >= 0.6 is 15.9 Å². The maximum absolute atomic E-state index is 13.5. The third-order valence-corrected chi connectivity index (χ3v) is 5.12. The Balaban J connectivity index is 2.23. The fraction of sp³-hybridized carbons (Fsp3) is 0.533. The third kappa shape index (κ3) is 2.75. The maximum Gasteiger partial charge on any atom is 0.145 e. The van der Waals surface area contributed by atoms with Gasteiger partial charge in [0.25, 0.3) is 0 Å². The molecule has 0 spiro atoms. The molecule has 1 N–H and O–H groups in total. The monoisotopic (exact) mass is 327 g/mol. The Hall–Kier alpha value is -0.740. The van der Waals surface area contributed by atoms with Gasteiger partial charge in [-0.2, -0.15) is 0 Å². The molecule has 1 unspecified atom stereocenters. The minimum absolute atomic E-state index is 0.207. The van der Waals surface area contributed by atoms with Crippen LogP contribution < -0.4 is 5.32 Å². The Labute approximate surface area is 121 Å². The molecule has 0 aromatic heterocycles. The molecule has 1 aliphatic heterocycles. The number of hydrogen-bond acceptors (Lipinski definition) is 2. The van der Waals surface area contributed by atoms with E-state index >= 15 is 0 Å². The first-order valence-corrected chi connectivity index (χ1v) is 7.43. The molecule has 2 nitrogen and oxygen atoms in total. The van der Waals surface area contributed by atoms with Gasteiger partial charge in [0.2, 0.25) is 0 Å². The van der Waals surface area contributed by atoms with Crippen LogP contribution in [0, 0.1) is 17.2 Å². The Morgan fingerprint density at radius 1 is 1.53 bits per heavy atom. The van der Waals surface area contributed by atoms with Crippen LogP contribution in [-0.2, 0) is 11.2 Å². The van der Waals surface area contributed by atoms with Crippen LogP contribution in [0.15, 0.2) is 22.7 Å². The van der Waals surface area contributed by atoms with Crippen molar-refractivity contribution in [3.8, 4) is 0 Å². The van der Waals surface area contributed by atoms with E-state index < -0.39 is 0 Å². The summed E-state index contributed by atoms with van der Waals surface area (Å²) in [6.07, 6.45) is 1.16. The maximum atomic E-state index is 13.5. The number of benzene rings is 1.